The molecule has 0 unspecified atom stereocenters. The molecule has 1 aliphatic carbocycles. The number of aromatic amines is 4. The number of fused-ring (bicyclic) bond motifs is 4. The van der Waals surface area contributed by atoms with E-state index >= 15 is 0 Å². The largest absolute Gasteiger partial charge is 0.489 e. The Morgan fingerprint density at radius 2 is 0.729 bits per heavy atom. The molecule has 5 aliphatic rings. The van der Waals surface area contributed by atoms with Gasteiger partial charge in [-0.05, 0) is 252 Å². The molecular formula is C114H105N11O8. The molecule has 4 aliphatic heterocycles. The Labute approximate surface area is 775 Å². The van der Waals surface area contributed by atoms with Gasteiger partial charge >= 0.3 is 0 Å². The monoisotopic (exact) mass is 1760 g/mol. The number of ether oxygens (including phenoxy) is 7. The number of aryl methyl sites for hydroxylation is 1. The van der Waals surface area contributed by atoms with Crippen LogP contribution in [0, 0.1) is 63.6 Å². The van der Waals surface area contributed by atoms with Crippen LogP contribution in [0.1, 0.15) is 110 Å². The average molecular weight is 1760 g/mol. The van der Waals surface area contributed by atoms with Gasteiger partial charge in [-0.15, -0.1) is 0 Å². The first-order valence-corrected chi connectivity index (χ1v) is 45.8. The van der Waals surface area contributed by atoms with E-state index in [0.29, 0.717) is 73.6 Å². The molecule has 8 heterocycles. The summed E-state index contributed by atoms with van der Waals surface area (Å²) in [5, 5.41) is 63.2. The van der Waals surface area contributed by atoms with Gasteiger partial charge in [0, 0.05) is 130 Å². The molecule has 664 valence electrons. The lowest BCUT2D eigenvalue weighted by molar-refractivity contribution is 0.0252. The van der Waals surface area contributed by atoms with Gasteiger partial charge in [-0.2, -0.15) is 26.3 Å². The first-order chi connectivity index (χ1) is 64.9. The highest BCUT2D eigenvalue weighted by Gasteiger charge is 2.45. The second-order valence-corrected chi connectivity index (χ2v) is 35.7. The maximum absolute atomic E-state index is 10.4. The summed E-state index contributed by atoms with van der Waals surface area (Å²) in [4.78, 5) is 18.7. The molecule has 12 aromatic carbocycles. The molecule has 16 aromatic rings. The topological polar surface area (TPSA) is 273 Å². The van der Waals surface area contributed by atoms with E-state index in [1.54, 1.807) is 13.8 Å². The minimum Gasteiger partial charge on any atom is -0.489 e. The molecule has 133 heavy (non-hydrogen) atoms. The number of nitriles is 5. The van der Waals surface area contributed by atoms with Crippen molar-refractivity contribution in [2.24, 2.45) is 0 Å². The third-order valence-corrected chi connectivity index (χ3v) is 25.8. The van der Waals surface area contributed by atoms with E-state index in [-0.39, 0.29) is 23.7 Å². The quantitative estimate of drug-likeness (QED) is 0.0503. The number of morpholine rings is 1. The van der Waals surface area contributed by atoms with Crippen LogP contribution >= 0.6 is 0 Å². The highest BCUT2D eigenvalue weighted by Crippen LogP contribution is 2.49. The van der Waals surface area contributed by atoms with Crippen LogP contribution in [0.3, 0.4) is 0 Å². The van der Waals surface area contributed by atoms with Gasteiger partial charge in [-0.1, -0.05) is 152 Å². The van der Waals surface area contributed by atoms with Crippen molar-refractivity contribution < 1.29 is 38.3 Å². The van der Waals surface area contributed by atoms with Crippen LogP contribution in [0.15, 0.2) is 267 Å². The Morgan fingerprint density at radius 1 is 0.383 bits per heavy atom. The van der Waals surface area contributed by atoms with Crippen LogP contribution in [0.5, 0.6) is 17.2 Å². The van der Waals surface area contributed by atoms with E-state index in [2.05, 4.69) is 244 Å². The zero-order chi connectivity index (χ0) is 91.5. The smallest absolute Gasteiger partial charge is 0.137 e. The van der Waals surface area contributed by atoms with Crippen LogP contribution in [0.25, 0.3) is 133 Å². The molecule has 4 aromatic heterocycles. The Morgan fingerprint density at radius 3 is 1.11 bits per heavy atom. The summed E-state index contributed by atoms with van der Waals surface area (Å²) in [7, 11) is 4.16. The summed E-state index contributed by atoms with van der Waals surface area (Å²) in [5.74, 6) is 1.91. The SMILES string of the molecule is CC(C)(O)c1cccc(-c2cc3c(-c4ccc(OC5CCOCC5)c(C#N)c4)cccc3[nH]2)c1.CN(C)Cc1cccc(-c2cc3c(-c4ccc(OC5CCOCC5)c(C#N)c4)cccc3[nH]2)c1.Cc1ccc(-c2cccc3[nH]c(-c4ccc(N5CCOCC5)cc4)cc23)cc1C#N.N#Cc1cc(-c2cccc3[nH]c(-c4ccc(C5(C#N)CC5)cc4)cc23)ccc1OC1CCOCC1. The van der Waals surface area contributed by atoms with Crippen molar-refractivity contribution in [3.05, 3.63) is 311 Å². The molecule has 5 N–H and O–H groups in total. The van der Waals surface area contributed by atoms with Crippen molar-refractivity contribution in [2.45, 2.75) is 108 Å². The lowest BCUT2D eigenvalue weighted by Gasteiger charge is -2.28. The second-order valence-electron chi connectivity index (χ2n) is 35.7. The number of hydrogen-bond donors (Lipinski definition) is 5. The number of aliphatic hydroxyl groups is 1. The maximum atomic E-state index is 10.4. The fourth-order valence-electron chi connectivity index (χ4n) is 18.2. The first-order valence-electron chi connectivity index (χ1n) is 45.8. The molecule has 0 atom stereocenters. The molecule has 19 nitrogen and oxygen atoms in total. The molecule has 1 saturated carbocycles. The Hall–Kier alpha value is -14.8. The van der Waals surface area contributed by atoms with Crippen molar-refractivity contribution in [2.75, 3.05) is 84.9 Å². The zero-order valence-electron chi connectivity index (χ0n) is 75.5. The maximum Gasteiger partial charge on any atom is 0.137 e. The second kappa shape index (κ2) is 39.9. The van der Waals surface area contributed by atoms with Crippen molar-refractivity contribution in [1.29, 1.82) is 26.3 Å². The Bertz CT molecular complexity index is 7130. The van der Waals surface area contributed by atoms with E-state index in [4.69, 9.17) is 33.2 Å². The summed E-state index contributed by atoms with van der Waals surface area (Å²) in [6.45, 7) is 14.1. The highest BCUT2D eigenvalue weighted by molar-refractivity contribution is 6.02. The molecule has 0 amide bonds. The molecular weight excluding hydrogens is 1650 g/mol. The summed E-state index contributed by atoms with van der Waals surface area (Å²) in [6.07, 6.45) is 7.25. The van der Waals surface area contributed by atoms with Crippen molar-refractivity contribution in [3.8, 4) is 137 Å². The third kappa shape index (κ3) is 20.2. The van der Waals surface area contributed by atoms with Gasteiger partial charge in [0.1, 0.15) is 53.8 Å². The molecule has 0 radical (unpaired) electrons. The molecule has 0 spiro atoms. The van der Waals surface area contributed by atoms with Gasteiger partial charge in [-0.3, -0.25) is 0 Å². The van der Waals surface area contributed by atoms with Crippen molar-refractivity contribution >= 4 is 49.3 Å². The van der Waals surface area contributed by atoms with Crippen molar-refractivity contribution in [3.63, 3.8) is 0 Å². The lowest BCUT2D eigenvalue weighted by Crippen LogP contribution is -2.36. The van der Waals surface area contributed by atoms with Gasteiger partial charge in [-0.25, -0.2) is 0 Å². The van der Waals surface area contributed by atoms with E-state index in [1.807, 2.05) is 104 Å². The number of anilines is 1. The first kappa shape index (κ1) is 88.8. The highest BCUT2D eigenvalue weighted by atomic mass is 16.5. The molecule has 5 fully saturated rings. The molecule has 19 heteroatoms. The number of nitrogens with zero attached hydrogens (tertiary/aromatic N) is 7. The van der Waals surface area contributed by atoms with Gasteiger partial charge < -0.3 is 68.0 Å². The Balaban J connectivity index is 0.000000119. The molecule has 4 saturated heterocycles. The zero-order valence-corrected chi connectivity index (χ0v) is 75.5. The van der Waals surface area contributed by atoms with Gasteiger partial charge in [0.15, 0.2) is 0 Å². The summed E-state index contributed by atoms with van der Waals surface area (Å²) in [5.41, 5.74) is 27.9. The third-order valence-electron chi connectivity index (χ3n) is 25.8. The van der Waals surface area contributed by atoms with Crippen molar-refractivity contribution in [1.82, 2.24) is 24.8 Å². The minimum absolute atomic E-state index is 0.0852. The number of H-pyrrole nitrogens is 4. The number of aromatic nitrogens is 4. The fourth-order valence-corrected chi connectivity index (χ4v) is 18.2. The van der Waals surface area contributed by atoms with Crippen LogP contribution < -0.4 is 19.1 Å². The standard InChI is InChI=1S/C30H25N3O2.C29H29N3O2.C29H28N2O3.C26H23N3O/c31-18-22-16-21(6-9-29(22)35-24-10-14-34-15-11-24)25-2-1-3-27-26(25)17-28(33-27)20-4-7-23(8-5-20)30(19-32)12-13-30;1-32(2)19-20-5-3-6-22(15-20)28-17-26-25(7-4-8-27(26)31-28)21-9-10-29(23(16-21)18-30)34-24-11-13-33-14-12-24;1-29(2,32)22-6-3-5-20(16-22)27-17-25-24(7-4-8-26(25)31-27)19-9-10-28(21(15-19)18-30)34-23-11-13-33-14-12-23;1-18-5-6-20(15-21(18)17-27)23-3-2-4-25-24(23)16-26(28-25)19-7-9-22(10-8-19)29-11-13-30-14-12-29/h1-9,16-17,24,33H,10-15H2;3-10,15-17,24,31H,11-14,19H2,1-2H3;3-10,15-17,23,31-32H,11-14H2,1-2H3;2-10,15-16,28H,11-14H2,1H3. The molecule has 0 bridgehead atoms. The summed E-state index contributed by atoms with van der Waals surface area (Å²) < 4.78 is 40.1. The van der Waals surface area contributed by atoms with Crippen LogP contribution in [0.4, 0.5) is 5.69 Å². The van der Waals surface area contributed by atoms with Crippen LogP contribution in [-0.4, -0.2) is 128 Å². The van der Waals surface area contributed by atoms with Gasteiger partial charge in [0.2, 0.25) is 0 Å². The van der Waals surface area contributed by atoms with Crippen LogP contribution in [-0.2, 0) is 36.5 Å². The summed E-state index contributed by atoms with van der Waals surface area (Å²) >= 11 is 0. The number of benzene rings is 12. The summed E-state index contributed by atoms with van der Waals surface area (Å²) in [6, 6.07) is 103. The van der Waals surface area contributed by atoms with Gasteiger partial charge in [0.25, 0.3) is 0 Å². The van der Waals surface area contributed by atoms with Crippen LogP contribution in [0.2, 0.25) is 0 Å². The number of hydrogen-bond acceptors (Lipinski definition) is 15. The number of rotatable bonds is 19. The van der Waals surface area contributed by atoms with E-state index < -0.39 is 5.60 Å². The normalized spacial score (nSPS) is 15.1. The number of nitrogens with one attached hydrogen (secondary N) is 4. The fraction of sp³-hybridized carbons (Fsp3) is 0.254. The minimum atomic E-state index is -0.907. The molecule has 21 rings (SSSR count). The van der Waals surface area contributed by atoms with E-state index in [0.717, 1.165) is 234 Å². The van der Waals surface area contributed by atoms with E-state index in [1.165, 1.54) is 16.8 Å². The predicted molar refractivity (Wildman–Crippen MR) is 526 cm³/mol. The average Bonchev–Trinajstić information content (AvgIpc) is 1.66. The predicted octanol–water partition coefficient (Wildman–Crippen LogP) is 24.2. The Kier molecular flexibility index (Phi) is 26.6. The van der Waals surface area contributed by atoms with Gasteiger partial charge in [0.05, 0.1) is 98.3 Å². The van der Waals surface area contributed by atoms with E-state index in [9.17, 15) is 31.4 Å². The lowest BCUT2D eigenvalue weighted by atomic mass is 9.95.